The van der Waals surface area contributed by atoms with Gasteiger partial charge in [-0.1, -0.05) is 36.4 Å². The highest BCUT2D eigenvalue weighted by Crippen LogP contribution is 2.41. The molecule has 0 bridgehead atoms. The molecular formula is C29H21FN2O4. The number of amides is 1. The molecular weight excluding hydrogens is 459 g/mol. The molecule has 0 radical (unpaired) electrons. The second kappa shape index (κ2) is 9.84. The Hall–Kier alpha value is -4.78. The first kappa shape index (κ1) is 23.0. The van der Waals surface area contributed by atoms with Crippen LogP contribution in [0, 0.1) is 5.82 Å². The molecule has 1 aromatic heterocycles. The number of pyridine rings is 1. The lowest BCUT2D eigenvalue weighted by atomic mass is 9.95. The normalized spacial score (nSPS) is 16.8. The number of hydrogen-bond donors (Lipinski definition) is 1. The number of para-hydroxylation sites is 1. The van der Waals surface area contributed by atoms with Gasteiger partial charge in [0.2, 0.25) is 0 Å². The Kier molecular flexibility index (Phi) is 6.28. The molecule has 1 amide bonds. The topological polar surface area (TPSA) is 79.7 Å². The Labute approximate surface area is 206 Å². The van der Waals surface area contributed by atoms with Crippen molar-refractivity contribution in [2.45, 2.75) is 12.6 Å². The summed E-state index contributed by atoms with van der Waals surface area (Å²) in [7, 11) is 0. The van der Waals surface area contributed by atoms with Gasteiger partial charge in [-0.3, -0.25) is 14.6 Å². The van der Waals surface area contributed by atoms with E-state index in [-0.39, 0.29) is 23.4 Å². The first-order chi connectivity index (χ1) is 17.5. The van der Waals surface area contributed by atoms with Crippen molar-refractivity contribution >= 4 is 17.4 Å². The van der Waals surface area contributed by atoms with Gasteiger partial charge in [-0.15, -0.1) is 0 Å². The molecule has 5 rings (SSSR count). The van der Waals surface area contributed by atoms with E-state index in [0.717, 1.165) is 5.56 Å². The van der Waals surface area contributed by atoms with Gasteiger partial charge in [-0.2, -0.15) is 0 Å². The summed E-state index contributed by atoms with van der Waals surface area (Å²) in [6.45, 7) is 0.104. The fraction of sp³-hybridized carbons (Fsp3) is 0.0690. The number of benzene rings is 3. The van der Waals surface area contributed by atoms with Crippen LogP contribution in [0.2, 0.25) is 0 Å². The van der Waals surface area contributed by atoms with Gasteiger partial charge in [0.25, 0.3) is 11.7 Å². The number of aromatic nitrogens is 1. The van der Waals surface area contributed by atoms with Crippen molar-refractivity contribution in [2.24, 2.45) is 0 Å². The van der Waals surface area contributed by atoms with Gasteiger partial charge in [-0.05, 0) is 65.7 Å². The summed E-state index contributed by atoms with van der Waals surface area (Å²) in [6.07, 6.45) is 3.24. The molecule has 0 saturated carbocycles. The Bertz CT molecular complexity index is 1440. The molecule has 1 aliphatic rings. The van der Waals surface area contributed by atoms with Crippen molar-refractivity contribution in [1.29, 1.82) is 0 Å². The second-order valence-corrected chi connectivity index (χ2v) is 8.28. The summed E-state index contributed by atoms with van der Waals surface area (Å²) in [6, 6.07) is 24.0. The zero-order valence-corrected chi connectivity index (χ0v) is 19.0. The number of likely N-dealkylation sites (tertiary alicyclic amines) is 1. The minimum Gasteiger partial charge on any atom is -0.507 e. The fourth-order valence-corrected chi connectivity index (χ4v) is 4.21. The number of nitrogens with zero attached hydrogens (tertiary/aromatic N) is 2. The number of carbonyl (C=O) groups excluding carboxylic acids is 2. The first-order valence-corrected chi connectivity index (χ1v) is 11.3. The largest absolute Gasteiger partial charge is 0.507 e. The number of ether oxygens (including phenoxy) is 1. The van der Waals surface area contributed by atoms with Gasteiger partial charge in [-0.25, -0.2) is 4.39 Å². The summed E-state index contributed by atoms with van der Waals surface area (Å²) in [5, 5.41) is 11.1. The van der Waals surface area contributed by atoms with Crippen LogP contribution in [0.1, 0.15) is 22.7 Å². The SMILES string of the molecule is O=C1C(=O)N(Cc2cccnc2)[C@@H](c2cccc(Oc3ccccc3)c2)C1=C(O)c1ccc(F)cc1. The number of hydrogen-bond acceptors (Lipinski definition) is 5. The monoisotopic (exact) mass is 480 g/mol. The summed E-state index contributed by atoms with van der Waals surface area (Å²) in [4.78, 5) is 31.9. The minimum atomic E-state index is -0.894. The average Bonchev–Trinajstić information content (AvgIpc) is 3.15. The van der Waals surface area contributed by atoms with E-state index in [0.29, 0.717) is 17.1 Å². The molecule has 1 saturated heterocycles. The van der Waals surface area contributed by atoms with Gasteiger partial charge in [0, 0.05) is 24.5 Å². The molecule has 4 aromatic rings. The Balaban J connectivity index is 1.61. The molecule has 6 nitrogen and oxygen atoms in total. The number of aliphatic hydroxyl groups is 1. The maximum atomic E-state index is 13.5. The quantitative estimate of drug-likeness (QED) is 0.220. The lowest BCUT2D eigenvalue weighted by Gasteiger charge is -2.25. The smallest absolute Gasteiger partial charge is 0.295 e. The number of aliphatic hydroxyl groups excluding tert-OH is 1. The third-order valence-corrected chi connectivity index (χ3v) is 5.89. The van der Waals surface area contributed by atoms with Gasteiger partial charge in [0.1, 0.15) is 23.1 Å². The summed E-state index contributed by atoms with van der Waals surface area (Å²) in [5.41, 5.74) is 1.46. The average molecular weight is 480 g/mol. The highest BCUT2D eigenvalue weighted by molar-refractivity contribution is 6.46. The Morgan fingerprint density at radius 3 is 2.39 bits per heavy atom. The summed E-state index contributed by atoms with van der Waals surface area (Å²) in [5.74, 6) is -1.29. The molecule has 0 aliphatic carbocycles. The Morgan fingerprint density at radius 1 is 0.917 bits per heavy atom. The Morgan fingerprint density at radius 2 is 1.67 bits per heavy atom. The first-order valence-electron chi connectivity index (χ1n) is 11.3. The van der Waals surface area contributed by atoms with Crippen LogP contribution in [0.3, 0.4) is 0 Å². The molecule has 178 valence electrons. The van der Waals surface area contributed by atoms with Crippen LogP contribution in [0.25, 0.3) is 5.76 Å². The van der Waals surface area contributed by atoms with Crippen molar-refractivity contribution < 1.29 is 23.8 Å². The third-order valence-electron chi connectivity index (χ3n) is 5.89. The molecule has 1 atom stereocenters. The van der Waals surface area contributed by atoms with Crippen molar-refractivity contribution in [2.75, 3.05) is 0 Å². The molecule has 0 spiro atoms. The zero-order valence-electron chi connectivity index (χ0n) is 19.0. The number of halogens is 1. The number of carbonyl (C=O) groups is 2. The zero-order chi connectivity index (χ0) is 25.1. The lowest BCUT2D eigenvalue weighted by Crippen LogP contribution is -2.29. The maximum Gasteiger partial charge on any atom is 0.295 e. The number of rotatable bonds is 6. The van der Waals surface area contributed by atoms with Crippen LogP contribution in [0.4, 0.5) is 4.39 Å². The fourth-order valence-electron chi connectivity index (χ4n) is 4.21. The highest BCUT2D eigenvalue weighted by Gasteiger charge is 2.46. The van der Waals surface area contributed by atoms with E-state index >= 15 is 0 Å². The predicted octanol–water partition coefficient (Wildman–Crippen LogP) is 5.63. The van der Waals surface area contributed by atoms with Crippen LogP contribution < -0.4 is 4.74 Å². The van der Waals surface area contributed by atoms with E-state index in [1.807, 2.05) is 30.3 Å². The molecule has 1 N–H and O–H groups in total. The molecule has 2 heterocycles. The molecule has 1 aliphatic heterocycles. The molecule has 0 unspecified atom stereocenters. The van der Waals surface area contributed by atoms with E-state index in [2.05, 4.69) is 4.98 Å². The minimum absolute atomic E-state index is 0.0765. The van der Waals surface area contributed by atoms with E-state index in [9.17, 15) is 19.1 Å². The van der Waals surface area contributed by atoms with Crippen LogP contribution in [-0.4, -0.2) is 26.7 Å². The van der Waals surface area contributed by atoms with Crippen molar-refractivity contribution in [3.8, 4) is 11.5 Å². The maximum absolute atomic E-state index is 13.5. The second-order valence-electron chi connectivity index (χ2n) is 8.28. The third kappa shape index (κ3) is 4.59. The summed E-state index contributed by atoms with van der Waals surface area (Å²) < 4.78 is 19.4. The van der Waals surface area contributed by atoms with E-state index < -0.39 is 23.5 Å². The van der Waals surface area contributed by atoms with Crippen LogP contribution in [0.5, 0.6) is 11.5 Å². The van der Waals surface area contributed by atoms with Crippen molar-refractivity contribution in [3.63, 3.8) is 0 Å². The molecule has 7 heteroatoms. The predicted molar refractivity (Wildman–Crippen MR) is 131 cm³/mol. The van der Waals surface area contributed by atoms with Crippen molar-refractivity contribution in [1.82, 2.24) is 9.88 Å². The number of Topliss-reactive ketones (excluding diaryl/α,β-unsaturated/α-hetero) is 1. The van der Waals surface area contributed by atoms with Gasteiger partial charge < -0.3 is 14.7 Å². The van der Waals surface area contributed by atoms with Crippen LogP contribution in [0.15, 0.2) is 109 Å². The van der Waals surface area contributed by atoms with Gasteiger partial charge >= 0.3 is 0 Å². The molecule has 3 aromatic carbocycles. The lowest BCUT2D eigenvalue weighted by molar-refractivity contribution is -0.140. The standard InChI is InChI=1S/C29H21FN2O4/c30-22-13-11-20(12-14-22)27(33)25-26(32(29(35)28(25)34)18-19-6-5-15-31-17-19)21-7-4-10-24(16-21)36-23-8-2-1-3-9-23/h1-17,26,33H,18H2/t26-/m0/s1. The van der Waals surface area contributed by atoms with Gasteiger partial charge in [0.05, 0.1) is 11.6 Å². The molecule has 36 heavy (non-hydrogen) atoms. The summed E-state index contributed by atoms with van der Waals surface area (Å²) >= 11 is 0. The highest BCUT2D eigenvalue weighted by atomic mass is 19.1. The number of ketones is 1. The van der Waals surface area contributed by atoms with E-state index in [1.54, 1.807) is 48.8 Å². The van der Waals surface area contributed by atoms with Crippen LogP contribution in [-0.2, 0) is 16.1 Å². The van der Waals surface area contributed by atoms with E-state index in [1.165, 1.54) is 29.2 Å². The van der Waals surface area contributed by atoms with Crippen LogP contribution >= 0.6 is 0 Å². The van der Waals surface area contributed by atoms with Gasteiger partial charge in [0.15, 0.2) is 0 Å². The molecule has 1 fully saturated rings. The van der Waals surface area contributed by atoms with E-state index in [4.69, 9.17) is 4.74 Å². The van der Waals surface area contributed by atoms with Crippen molar-refractivity contribution in [3.05, 3.63) is 131 Å².